The number of hydrogen-bond donors (Lipinski definition) is 1. The van der Waals surface area contributed by atoms with Crippen LogP contribution in [0.2, 0.25) is 0 Å². The molecule has 1 fully saturated rings. The maximum absolute atomic E-state index is 11.9. The van der Waals surface area contributed by atoms with Crippen LogP contribution in [0.15, 0.2) is 24.3 Å². The zero-order chi connectivity index (χ0) is 15.2. The normalized spacial score (nSPS) is 21.2. The highest BCUT2D eigenvalue weighted by Gasteiger charge is 2.27. The third kappa shape index (κ3) is 4.28. The van der Waals surface area contributed by atoms with Gasteiger partial charge >= 0.3 is 0 Å². The number of rotatable bonds is 5. The molecule has 1 heterocycles. The number of likely N-dealkylation sites (N-methyl/N-ethyl adjacent to an activating group) is 1. The summed E-state index contributed by atoms with van der Waals surface area (Å²) in [6.45, 7) is 3.58. The number of carbonyl (C=O) groups is 1. The molecule has 5 heteroatoms. The van der Waals surface area contributed by atoms with E-state index in [1.807, 2.05) is 7.05 Å². The van der Waals surface area contributed by atoms with Crippen molar-refractivity contribution in [3.63, 3.8) is 0 Å². The second-order valence-electron chi connectivity index (χ2n) is 5.40. The molecule has 0 bridgehead atoms. The van der Waals surface area contributed by atoms with Gasteiger partial charge in [-0.1, -0.05) is 0 Å². The van der Waals surface area contributed by atoms with Gasteiger partial charge in [0.25, 0.3) is 0 Å². The number of hydrogen-bond acceptors (Lipinski definition) is 4. The number of ether oxygens (including phenoxy) is 1. The molecule has 2 rings (SSSR count). The maximum Gasteiger partial charge on any atom is 0.225 e. The number of carbonyl (C=O) groups excluding carboxylic acids is 1. The average Bonchev–Trinajstić information content (AvgIpc) is 2.92. The molecule has 21 heavy (non-hydrogen) atoms. The first-order valence-corrected chi connectivity index (χ1v) is 7.22. The zero-order valence-corrected chi connectivity index (χ0v) is 12.5. The van der Waals surface area contributed by atoms with E-state index in [0.29, 0.717) is 24.6 Å². The second kappa shape index (κ2) is 7.21. The fraction of sp³-hybridized carbons (Fsp3) is 0.500. The largest absolute Gasteiger partial charge is 0.377 e. The Bertz CT molecular complexity index is 521. The molecule has 2 unspecified atom stereocenters. The summed E-state index contributed by atoms with van der Waals surface area (Å²) in [5, 5.41) is 11.6. The predicted octanol–water partition coefficient (Wildman–Crippen LogP) is 2.00. The van der Waals surface area contributed by atoms with Crippen LogP contribution in [-0.4, -0.2) is 43.2 Å². The van der Waals surface area contributed by atoms with E-state index in [9.17, 15) is 4.79 Å². The molecule has 0 aromatic heterocycles. The van der Waals surface area contributed by atoms with Crippen molar-refractivity contribution in [3.8, 4) is 6.07 Å². The molecule has 0 radical (unpaired) electrons. The molecule has 112 valence electrons. The van der Waals surface area contributed by atoms with E-state index in [4.69, 9.17) is 10.00 Å². The van der Waals surface area contributed by atoms with E-state index in [-0.39, 0.29) is 12.0 Å². The summed E-state index contributed by atoms with van der Waals surface area (Å²) in [6, 6.07) is 9.32. The maximum atomic E-state index is 11.9. The standard InChI is InChI=1S/C16H21N3O2/c1-12-15(8-10-21-12)19(2)9-7-16(20)18-14-5-3-13(11-17)4-6-14/h3-6,12,15H,7-10H2,1-2H3,(H,18,20). The van der Waals surface area contributed by atoms with E-state index in [1.54, 1.807) is 24.3 Å². The van der Waals surface area contributed by atoms with Crippen LogP contribution in [0.25, 0.3) is 0 Å². The van der Waals surface area contributed by atoms with Crippen molar-refractivity contribution in [3.05, 3.63) is 29.8 Å². The van der Waals surface area contributed by atoms with Crippen LogP contribution in [0, 0.1) is 11.3 Å². The lowest BCUT2D eigenvalue weighted by Crippen LogP contribution is -2.38. The van der Waals surface area contributed by atoms with Crippen molar-refractivity contribution in [2.75, 3.05) is 25.5 Å². The summed E-state index contributed by atoms with van der Waals surface area (Å²) in [4.78, 5) is 14.1. The fourth-order valence-electron chi connectivity index (χ4n) is 2.59. The smallest absolute Gasteiger partial charge is 0.225 e. The van der Waals surface area contributed by atoms with Gasteiger partial charge in [0.1, 0.15) is 0 Å². The van der Waals surface area contributed by atoms with Crippen LogP contribution in [0.4, 0.5) is 5.69 Å². The van der Waals surface area contributed by atoms with Crippen molar-refractivity contribution < 1.29 is 9.53 Å². The monoisotopic (exact) mass is 287 g/mol. The average molecular weight is 287 g/mol. The van der Waals surface area contributed by atoms with Crippen LogP contribution in [0.1, 0.15) is 25.3 Å². The molecule has 2 atom stereocenters. The van der Waals surface area contributed by atoms with E-state index in [2.05, 4.69) is 23.2 Å². The molecule has 1 aliphatic rings. The third-order valence-electron chi connectivity index (χ3n) is 3.89. The van der Waals surface area contributed by atoms with Crippen molar-refractivity contribution in [1.82, 2.24) is 4.90 Å². The molecule has 1 aromatic carbocycles. The highest BCUT2D eigenvalue weighted by atomic mass is 16.5. The molecule has 1 N–H and O–H groups in total. The van der Waals surface area contributed by atoms with Gasteiger partial charge in [-0.15, -0.1) is 0 Å². The molecule has 1 aliphatic heterocycles. The number of nitriles is 1. The molecule has 1 saturated heterocycles. The van der Waals surface area contributed by atoms with Crippen LogP contribution in [-0.2, 0) is 9.53 Å². The molecule has 1 amide bonds. The number of anilines is 1. The summed E-state index contributed by atoms with van der Waals surface area (Å²) in [5.74, 6) is -0.0156. The highest BCUT2D eigenvalue weighted by molar-refractivity contribution is 5.90. The van der Waals surface area contributed by atoms with Crippen LogP contribution >= 0.6 is 0 Å². The van der Waals surface area contributed by atoms with E-state index < -0.39 is 0 Å². The Kier molecular flexibility index (Phi) is 5.32. The van der Waals surface area contributed by atoms with Crippen molar-refractivity contribution in [1.29, 1.82) is 5.26 Å². The Morgan fingerprint density at radius 3 is 2.76 bits per heavy atom. The van der Waals surface area contributed by atoms with Gasteiger partial charge < -0.3 is 15.0 Å². The first-order valence-electron chi connectivity index (χ1n) is 7.22. The van der Waals surface area contributed by atoms with E-state index >= 15 is 0 Å². The summed E-state index contributed by atoms with van der Waals surface area (Å²) in [6.07, 6.45) is 1.70. The lowest BCUT2D eigenvalue weighted by Gasteiger charge is -2.26. The predicted molar refractivity (Wildman–Crippen MR) is 80.9 cm³/mol. The Morgan fingerprint density at radius 1 is 1.48 bits per heavy atom. The molecule has 1 aromatic rings. The zero-order valence-electron chi connectivity index (χ0n) is 12.5. The minimum absolute atomic E-state index is 0.0156. The van der Waals surface area contributed by atoms with Gasteiger partial charge in [-0.2, -0.15) is 5.26 Å². The number of nitrogens with zero attached hydrogens (tertiary/aromatic N) is 2. The van der Waals surface area contributed by atoms with Gasteiger partial charge in [0.05, 0.1) is 17.7 Å². The minimum Gasteiger partial charge on any atom is -0.377 e. The first-order chi connectivity index (χ1) is 10.1. The lowest BCUT2D eigenvalue weighted by molar-refractivity contribution is -0.116. The second-order valence-corrected chi connectivity index (χ2v) is 5.40. The Labute approximate surface area is 125 Å². The number of nitrogens with one attached hydrogen (secondary N) is 1. The molecular formula is C16H21N3O2. The SMILES string of the molecule is CC1OCCC1N(C)CCC(=O)Nc1ccc(C#N)cc1. The van der Waals surface area contributed by atoms with Crippen LogP contribution in [0.5, 0.6) is 0 Å². The molecule has 0 spiro atoms. The summed E-state index contributed by atoms with van der Waals surface area (Å²) < 4.78 is 5.54. The fourth-order valence-corrected chi connectivity index (χ4v) is 2.59. The quantitative estimate of drug-likeness (QED) is 0.899. The molecule has 0 saturated carbocycles. The number of benzene rings is 1. The highest BCUT2D eigenvalue weighted by Crippen LogP contribution is 2.18. The van der Waals surface area contributed by atoms with E-state index in [1.165, 1.54) is 0 Å². The van der Waals surface area contributed by atoms with E-state index in [0.717, 1.165) is 18.7 Å². The summed E-state index contributed by atoms with van der Waals surface area (Å²) >= 11 is 0. The van der Waals surface area contributed by atoms with Crippen LogP contribution < -0.4 is 5.32 Å². The Morgan fingerprint density at radius 2 is 2.19 bits per heavy atom. The Hall–Kier alpha value is -1.90. The van der Waals surface area contributed by atoms with Gasteiger partial charge in [0.2, 0.25) is 5.91 Å². The Balaban J connectivity index is 1.77. The van der Waals surface area contributed by atoms with Crippen molar-refractivity contribution in [2.24, 2.45) is 0 Å². The van der Waals surface area contributed by atoms with Gasteiger partial charge in [-0.05, 0) is 44.7 Å². The van der Waals surface area contributed by atoms with Gasteiger partial charge in [-0.3, -0.25) is 4.79 Å². The molecular weight excluding hydrogens is 266 g/mol. The lowest BCUT2D eigenvalue weighted by atomic mass is 10.1. The number of amides is 1. The van der Waals surface area contributed by atoms with Gasteiger partial charge in [0.15, 0.2) is 0 Å². The topological polar surface area (TPSA) is 65.4 Å². The third-order valence-corrected chi connectivity index (χ3v) is 3.89. The van der Waals surface area contributed by atoms with Crippen molar-refractivity contribution >= 4 is 11.6 Å². The minimum atomic E-state index is -0.0156. The van der Waals surface area contributed by atoms with Gasteiger partial charge in [0, 0.05) is 31.3 Å². The first kappa shape index (κ1) is 15.5. The van der Waals surface area contributed by atoms with Gasteiger partial charge in [-0.25, -0.2) is 0 Å². The molecule has 0 aliphatic carbocycles. The summed E-state index contributed by atoms with van der Waals surface area (Å²) in [5.41, 5.74) is 1.31. The van der Waals surface area contributed by atoms with Crippen LogP contribution in [0.3, 0.4) is 0 Å². The van der Waals surface area contributed by atoms with Crippen molar-refractivity contribution in [2.45, 2.75) is 31.9 Å². The summed E-state index contributed by atoms with van der Waals surface area (Å²) in [7, 11) is 2.03. The molecule has 5 nitrogen and oxygen atoms in total.